The van der Waals surface area contributed by atoms with Crippen molar-refractivity contribution in [3.63, 3.8) is 0 Å². The van der Waals surface area contributed by atoms with Crippen LogP contribution in [0.15, 0.2) is 48.7 Å². The van der Waals surface area contributed by atoms with E-state index in [1.807, 2.05) is 51.1 Å². The molecule has 0 aliphatic carbocycles. The zero-order valence-corrected chi connectivity index (χ0v) is 18.4. The van der Waals surface area contributed by atoms with Crippen molar-refractivity contribution in [2.75, 3.05) is 11.9 Å². The molecule has 2 aromatic rings. The molecule has 1 aliphatic heterocycles. The van der Waals surface area contributed by atoms with Crippen molar-refractivity contribution >= 4 is 29.5 Å². The first kappa shape index (κ1) is 22.3. The number of anilines is 1. The number of aryl methyl sites for hydroxylation is 1. The van der Waals surface area contributed by atoms with E-state index in [9.17, 15) is 14.4 Å². The summed E-state index contributed by atoms with van der Waals surface area (Å²) in [6.07, 6.45) is 3.76. The fourth-order valence-electron chi connectivity index (χ4n) is 3.63. The quantitative estimate of drug-likeness (QED) is 0.733. The highest BCUT2D eigenvalue weighted by molar-refractivity contribution is 5.97. The molecule has 2 N–H and O–H groups in total. The molecule has 0 unspecified atom stereocenters. The Labute approximate surface area is 183 Å². The Hall–Kier alpha value is -3.41. The van der Waals surface area contributed by atoms with Crippen LogP contribution in [0.2, 0.25) is 0 Å². The molecule has 3 rings (SSSR count). The molecule has 2 aromatic carbocycles. The maximum Gasteiger partial charge on any atom is 0.251 e. The molecule has 6 nitrogen and oxygen atoms in total. The van der Waals surface area contributed by atoms with Gasteiger partial charge in [-0.05, 0) is 53.8 Å². The largest absolute Gasteiger partial charge is 0.352 e. The van der Waals surface area contributed by atoms with E-state index >= 15 is 0 Å². The van der Waals surface area contributed by atoms with Crippen molar-refractivity contribution in [2.24, 2.45) is 5.92 Å². The summed E-state index contributed by atoms with van der Waals surface area (Å²) in [6.45, 7) is 8.04. The fourth-order valence-corrected chi connectivity index (χ4v) is 3.63. The van der Waals surface area contributed by atoms with E-state index in [1.165, 1.54) is 6.92 Å². The van der Waals surface area contributed by atoms with Crippen LogP contribution in [-0.4, -0.2) is 29.2 Å². The molecule has 1 aliphatic rings. The first-order chi connectivity index (χ1) is 14.8. The first-order valence-electron chi connectivity index (χ1n) is 10.5. The second-order valence-corrected chi connectivity index (χ2v) is 8.27. The summed E-state index contributed by atoms with van der Waals surface area (Å²) in [6, 6.07) is 12.6. The number of nitrogens with zero attached hydrogens (tertiary/aromatic N) is 1. The van der Waals surface area contributed by atoms with Gasteiger partial charge in [-0.15, -0.1) is 0 Å². The van der Waals surface area contributed by atoms with E-state index in [2.05, 4.69) is 10.6 Å². The van der Waals surface area contributed by atoms with E-state index in [4.69, 9.17) is 0 Å². The first-order valence-corrected chi connectivity index (χ1v) is 10.5. The van der Waals surface area contributed by atoms with Gasteiger partial charge in [-0.3, -0.25) is 14.4 Å². The van der Waals surface area contributed by atoms with E-state index in [0.717, 1.165) is 16.7 Å². The molecule has 0 radical (unpaired) electrons. The monoisotopic (exact) mass is 419 g/mol. The SMILES string of the molecule is CC(=O)N1C=Cc2ccccc2[C@H]1CC(=O)Nc1ccc(C(=O)NCC(C)C)cc1C. The maximum atomic E-state index is 12.9. The topological polar surface area (TPSA) is 78.5 Å². The maximum absolute atomic E-state index is 12.9. The minimum atomic E-state index is -0.361. The third-order valence-electron chi connectivity index (χ3n) is 5.28. The number of hydrogen-bond donors (Lipinski definition) is 2. The van der Waals surface area contributed by atoms with Gasteiger partial charge in [0.15, 0.2) is 0 Å². The van der Waals surface area contributed by atoms with Crippen LogP contribution in [0.4, 0.5) is 5.69 Å². The molecule has 31 heavy (non-hydrogen) atoms. The number of rotatable bonds is 6. The van der Waals surface area contributed by atoms with E-state index in [1.54, 1.807) is 29.3 Å². The molecule has 0 fully saturated rings. The van der Waals surface area contributed by atoms with E-state index in [0.29, 0.717) is 23.7 Å². The second-order valence-electron chi connectivity index (χ2n) is 8.27. The van der Waals surface area contributed by atoms with Gasteiger partial charge in [0.1, 0.15) is 0 Å². The number of carbonyl (C=O) groups excluding carboxylic acids is 3. The van der Waals surface area contributed by atoms with Crippen molar-refractivity contribution in [3.05, 3.63) is 70.9 Å². The molecule has 0 saturated carbocycles. The zero-order valence-electron chi connectivity index (χ0n) is 18.4. The Bertz CT molecular complexity index is 1030. The number of amides is 3. The lowest BCUT2D eigenvalue weighted by Crippen LogP contribution is -2.33. The molecule has 0 spiro atoms. The number of nitrogens with one attached hydrogen (secondary N) is 2. The summed E-state index contributed by atoms with van der Waals surface area (Å²) in [4.78, 5) is 38.8. The van der Waals surface area contributed by atoms with Crippen molar-refractivity contribution in [3.8, 4) is 0 Å². The molecule has 1 heterocycles. The predicted octanol–water partition coefficient (Wildman–Crippen LogP) is 4.28. The Morgan fingerprint density at radius 1 is 1.10 bits per heavy atom. The molecule has 0 aromatic heterocycles. The van der Waals surface area contributed by atoms with Gasteiger partial charge >= 0.3 is 0 Å². The van der Waals surface area contributed by atoms with Gasteiger partial charge in [0.2, 0.25) is 11.8 Å². The summed E-state index contributed by atoms with van der Waals surface area (Å²) >= 11 is 0. The Kier molecular flexibility index (Phi) is 6.90. The molecular formula is C25H29N3O3. The number of benzene rings is 2. The number of hydrogen-bond acceptors (Lipinski definition) is 3. The second kappa shape index (κ2) is 9.60. The molecule has 0 bridgehead atoms. The standard InChI is InChI=1S/C25H29N3O3/c1-16(2)15-26-25(31)20-9-10-22(17(3)13-20)27-24(30)14-23-21-8-6-5-7-19(21)11-12-28(23)18(4)29/h5-13,16,23H,14-15H2,1-4H3,(H,26,31)(H,27,30)/t23-/m1/s1. The molecular weight excluding hydrogens is 390 g/mol. The molecule has 3 amide bonds. The average Bonchev–Trinajstić information content (AvgIpc) is 2.73. The van der Waals surface area contributed by atoms with Gasteiger partial charge in [0.25, 0.3) is 5.91 Å². The van der Waals surface area contributed by atoms with Crippen LogP contribution in [0, 0.1) is 12.8 Å². The highest BCUT2D eigenvalue weighted by Crippen LogP contribution is 2.33. The number of fused-ring (bicyclic) bond motifs is 1. The van der Waals surface area contributed by atoms with Crippen LogP contribution in [-0.2, 0) is 9.59 Å². The van der Waals surface area contributed by atoms with Gasteiger partial charge in [-0.25, -0.2) is 0 Å². The Morgan fingerprint density at radius 3 is 2.52 bits per heavy atom. The van der Waals surface area contributed by atoms with E-state index < -0.39 is 0 Å². The molecule has 162 valence electrons. The highest BCUT2D eigenvalue weighted by atomic mass is 16.2. The minimum absolute atomic E-state index is 0.114. The lowest BCUT2D eigenvalue weighted by Gasteiger charge is -2.32. The Morgan fingerprint density at radius 2 is 1.84 bits per heavy atom. The van der Waals surface area contributed by atoms with Crippen LogP contribution in [0.1, 0.15) is 60.3 Å². The zero-order chi connectivity index (χ0) is 22.5. The lowest BCUT2D eigenvalue weighted by molar-refractivity contribution is -0.129. The minimum Gasteiger partial charge on any atom is -0.352 e. The van der Waals surface area contributed by atoms with Crippen LogP contribution in [0.3, 0.4) is 0 Å². The van der Waals surface area contributed by atoms with Crippen LogP contribution in [0.5, 0.6) is 0 Å². The Balaban J connectivity index is 1.72. The van der Waals surface area contributed by atoms with Crippen molar-refractivity contribution < 1.29 is 14.4 Å². The predicted molar refractivity (Wildman–Crippen MR) is 122 cm³/mol. The molecule has 0 saturated heterocycles. The van der Waals surface area contributed by atoms with Crippen molar-refractivity contribution in [2.45, 2.75) is 40.2 Å². The highest BCUT2D eigenvalue weighted by Gasteiger charge is 2.28. The van der Waals surface area contributed by atoms with Crippen LogP contribution < -0.4 is 10.6 Å². The summed E-state index contributed by atoms with van der Waals surface area (Å²) in [5, 5.41) is 5.83. The third-order valence-corrected chi connectivity index (χ3v) is 5.28. The van der Waals surface area contributed by atoms with Gasteiger partial charge < -0.3 is 15.5 Å². The molecule has 1 atom stereocenters. The summed E-state index contributed by atoms with van der Waals surface area (Å²) in [7, 11) is 0. The van der Waals surface area contributed by atoms with E-state index in [-0.39, 0.29) is 30.2 Å². The number of carbonyl (C=O) groups is 3. The normalized spacial score (nSPS) is 14.9. The third kappa shape index (κ3) is 5.40. The van der Waals surface area contributed by atoms with Crippen LogP contribution in [0.25, 0.3) is 6.08 Å². The fraction of sp³-hybridized carbons (Fsp3) is 0.320. The summed E-state index contributed by atoms with van der Waals surface area (Å²) < 4.78 is 0. The van der Waals surface area contributed by atoms with Gasteiger partial charge in [-0.2, -0.15) is 0 Å². The molecule has 6 heteroatoms. The van der Waals surface area contributed by atoms with Gasteiger partial charge in [0, 0.05) is 30.9 Å². The van der Waals surface area contributed by atoms with Crippen molar-refractivity contribution in [1.82, 2.24) is 10.2 Å². The average molecular weight is 420 g/mol. The lowest BCUT2D eigenvalue weighted by atomic mass is 9.93. The van der Waals surface area contributed by atoms with Crippen LogP contribution >= 0.6 is 0 Å². The smallest absolute Gasteiger partial charge is 0.251 e. The summed E-state index contributed by atoms with van der Waals surface area (Å²) in [5.41, 5.74) is 3.97. The summed E-state index contributed by atoms with van der Waals surface area (Å²) in [5.74, 6) is -0.0618. The van der Waals surface area contributed by atoms with Gasteiger partial charge in [0.05, 0.1) is 12.5 Å². The van der Waals surface area contributed by atoms with Gasteiger partial charge in [-0.1, -0.05) is 38.1 Å². The van der Waals surface area contributed by atoms with Crippen molar-refractivity contribution in [1.29, 1.82) is 0 Å².